The maximum atomic E-state index is 12.7. The fourth-order valence-electron chi connectivity index (χ4n) is 2.12. The molecule has 2 aromatic rings. The quantitative estimate of drug-likeness (QED) is 0.916. The van der Waals surface area contributed by atoms with Crippen molar-refractivity contribution in [2.75, 3.05) is 11.4 Å². The number of carboxylic acids is 1. The highest BCUT2D eigenvalue weighted by molar-refractivity contribution is 6.31. The Morgan fingerprint density at radius 1 is 1.23 bits per heavy atom. The van der Waals surface area contributed by atoms with Gasteiger partial charge in [0.1, 0.15) is 0 Å². The Bertz CT molecular complexity index is 689. The molecule has 0 atom stereocenters. The van der Waals surface area contributed by atoms with Gasteiger partial charge in [0.15, 0.2) is 0 Å². The number of carbonyl (C=O) groups is 2. The van der Waals surface area contributed by atoms with E-state index in [-0.39, 0.29) is 11.5 Å². The number of carboxylic acid groups (broad SMARTS) is 1. The van der Waals surface area contributed by atoms with Crippen molar-refractivity contribution in [1.29, 1.82) is 0 Å². The molecule has 0 unspecified atom stereocenters. The van der Waals surface area contributed by atoms with Crippen molar-refractivity contribution in [3.05, 3.63) is 58.9 Å². The summed E-state index contributed by atoms with van der Waals surface area (Å²) in [6.07, 6.45) is 3.74. The predicted octanol–water partition coefficient (Wildman–Crippen LogP) is 3.49. The van der Waals surface area contributed by atoms with Gasteiger partial charge in [-0.2, -0.15) is 0 Å². The maximum Gasteiger partial charge on any atom is 0.337 e. The molecule has 0 saturated carbocycles. The number of aromatic nitrogens is 1. The average molecular weight is 319 g/mol. The molecule has 0 spiro atoms. The lowest BCUT2D eigenvalue weighted by Gasteiger charge is -2.24. The van der Waals surface area contributed by atoms with Gasteiger partial charge in [-0.05, 0) is 36.8 Å². The Morgan fingerprint density at radius 3 is 2.50 bits per heavy atom. The third kappa shape index (κ3) is 3.43. The summed E-state index contributed by atoms with van der Waals surface area (Å²) in [4.78, 5) is 29.4. The van der Waals surface area contributed by atoms with Gasteiger partial charge >= 0.3 is 5.97 Å². The molecule has 6 heteroatoms. The Kier molecular flexibility index (Phi) is 5.12. The lowest BCUT2D eigenvalue weighted by Crippen LogP contribution is -2.33. The first-order chi connectivity index (χ1) is 10.5. The zero-order valence-corrected chi connectivity index (χ0v) is 12.7. The van der Waals surface area contributed by atoms with Crippen LogP contribution in [-0.2, 0) is 0 Å². The summed E-state index contributed by atoms with van der Waals surface area (Å²) in [6.45, 7) is 2.33. The average Bonchev–Trinajstić information content (AvgIpc) is 2.53. The molecule has 1 heterocycles. The predicted molar refractivity (Wildman–Crippen MR) is 84.6 cm³/mol. The van der Waals surface area contributed by atoms with Crippen LogP contribution in [0.4, 0.5) is 5.69 Å². The monoisotopic (exact) mass is 318 g/mol. The topological polar surface area (TPSA) is 70.5 Å². The van der Waals surface area contributed by atoms with E-state index in [1.54, 1.807) is 24.3 Å². The first-order valence-corrected chi connectivity index (χ1v) is 7.17. The second-order valence-electron chi connectivity index (χ2n) is 4.66. The van der Waals surface area contributed by atoms with Gasteiger partial charge in [-0.3, -0.25) is 9.78 Å². The van der Waals surface area contributed by atoms with Gasteiger partial charge in [0.25, 0.3) is 5.91 Å². The fourth-order valence-corrected chi connectivity index (χ4v) is 2.29. The molecule has 2 rings (SSSR count). The Labute approximate surface area is 133 Å². The van der Waals surface area contributed by atoms with E-state index < -0.39 is 5.97 Å². The van der Waals surface area contributed by atoms with Crippen molar-refractivity contribution >= 4 is 29.2 Å². The van der Waals surface area contributed by atoms with E-state index in [1.165, 1.54) is 23.4 Å². The van der Waals surface area contributed by atoms with Crippen LogP contribution < -0.4 is 4.90 Å². The Balaban J connectivity index is 2.49. The standard InChI is InChI=1S/C16H15ClN2O3/c1-2-9-19(15(20)11-5-7-18-8-6-11)14-4-3-12(17)10-13(14)16(21)22/h3-8,10H,2,9H2,1H3,(H,21,22). The number of hydrogen-bond acceptors (Lipinski definition) is 3. The van der Waals surface area contributed by atoms with Crippen LogP contribution in [0.25, 0.3) is 0 Å². The molecule has 114 valence electrons. The SMILES string of the molecule is CCCN(C(=O)c1ccncc1)c1ccc(Cl)cc1C(=O)O. The molecule has 0 bridgehead atoms. The van der Waals surface area contributed by atoms with Crippen LogP contribution in [0, 0.1) is 0 Å². The van der Waals surface area contributed by atoms with Crippen LogP contribution in [0.5, 0.6) is 0 Å². The van der Waals surface area contributed by atoms with Gasteiger partial charge in [0, 0.05) is 29.5 Å². The van der Waals surface area contributed by atoms with E-state index in [0.29, 0.717) is 29.2 Å². The lowest BCUT2D eigenvalue weighted by atomic mass is 10.1. The molecule has 22 heavy (non-hydrogen) atoms. The summed E-state index contributed by atoms with van der Waals surface area (Å²) < 4.78 is 0. The van der Waals surface area contributed by atoms with Gasteiger partial charge < -0.3 is 10.0 Å². The summed E-state index contributed by atoms with van der Waals surface area (Å²) in [7, 11) is 0. The van der Waals surface area contributed by atoms with Gasteiger partial charge in [0.2, 0.25) is 0 Å². The number of benzene rings is 1. The molecule has 1 amide bonds. The molecule has 0 saturated heterocycles. The minimum atomic E-state index is -1.12. The smallest absolute Gasteiger partial charge is 0.337 e. The minimum absolute atomic E-state index is 0.00311. The van der Waals surface area contributed by atoms with Crippen LogP contribution in [0.1, 0.15) is 34.1 Å². The largest absolute Gasteiger partial charge is 0.478 e. The molecule has 1 aromatic heterocycles. The van der Waals surface area contributed by atoms with Crippen molar-refractivity contribution in [3.8, 4) is 0 Å². The van der Waals surface area contributed by atoms with Crippen LogP contribution in [0.15, 0.2) is 42.7 Å². The number of nitrogens with zero attached hydrogens (tertiary/aromatic N) is 2. The molecular weight excluding hydrogens is 304 g/mol. The van der Waals surface area contributed by atoms with Crippen LogP contribution >= 0.6 is 11.6 Å². The summed E-state index contributed by atoms with van der Waals surface area (Å²) in [5.41, 5.74) is 0.790. The molecule has 0 fully saturated rings. The van der Waals surface area contributed by atoms with E-state index in [4.69, 9.17) is 11.6 Å². The van der Waals surface area contributed by atoms with E-state index in [9.17, 15) is 14.7 Å². The number of amides is 1. The maximum absolute atomic E-state index is 12.7. The first-order valence-electron chi connectivity index (χ1n) is 6.79. The number of rotatable bonds is 5. The molecule has 0 aliphatic heterocycles. The van der Waals surface area contributed by atoms with Gasteiger partial charge in [0.05, 0.1) is 11.3 Å². The zero-order chi connectivity index (χ0) is 16.1. The number of hydrogen-bond donors (Lipinski definition) is 1. The molecule has 0 radical (unpaired) electrons. The molecule has 5 nitrogen and oxygen atoms in total. The Morgan fingerprint density at radius 2 is 1.91 bits per heavy atom. The fraction of sp³-hybridized carbons (Fsp3) is 0.188. The van der Waals surface area contributed by atoms with E-state index in [1.807, 2.05) is 6.92 Å². The highest BCUT2D eigenvalue weighted by Crippen LogP contribution is 2.26. The van der Waals surface area contributed by atoms with Gasteiger partial charge in [-0.15, -0.1) is 0 Å². The van der Waals surface area contributed by atoms with Crippen molar-refractivity contribution in [1.82, 2.24) is 4.98 Å². The first kappa shape index (κ1) is 16.0. The van der Waals surface area contributed by atoms with Gasteiger partial charge in [-0.25, -0.2) is 4.79 Å². The Hall–Kier alpha value is -2.40. The molecule has 0 aliphatic rings. The van der Waals surface area contributed by atoms with Crippen LogP contribution in [0.2, 0.25) is 5.02 Å². The summed E-state index contributed by atoms with van der Waals surface area (Å²) in [5, 5.41) is 9.67. The third-order valence-electron chi connectivity index (χ3n) is 3.10. The number of pyridine rings is 1. The summed E-state index contributed by atoms with van der Waals surface area (Å²) >= 11 is 5.86. The number of halogens is 1. The normalized spacial score (nSPS) is 10.3. The van der Waals surface area contributed by atoms with Crippen molar-refractivity contribution in [3.63, 3.8) is 0 Å². The third-order valence-corrected chi connectivity index (χ3v) is 3.33. The summed E-state index contributed by atoms with van der Waals surface area (Å²) in [6, 6.07) is 7.68. The second kappa shape index (κ2) is 7.04. The molecular formula is C16H15ClN2O3. The van der Waals surface area contributed by atoms with Crippen LogP contribution in [0.3, 0.4) is 0 Å². The number of carbonyl (C=O) groups excluding carboxylic acids is 1. The number of aromatic carboxylic acids is 1. The molecule has 0 aliphatic carbocycles. The zero-order valence-electron chi connectivity index (χ0n) is 12.0. The summed E-state index contributed by atoms with van der Waals surface area (Å²) in [5.74, 6) is -1.39. The second-order valence-corrected chi connectivity index (χ2v) is 5.10. The molecule has 1 N–H and O–H groups in total. The number of anilines is 1. The van der Waals surface area contributed by atoms with E-state index >= 15 is 0 Å². The molecule has 1 aromatic carbocycles. The van der Waals surface area contributed by atoms with E-state index in [0.717, 1.165) is 0 Å². The van der Waals surface area contributed by atoms with Gasteiger partial charge in [-0.1, -0.05) is 18.5 Å². The van der Waals surface area contributed by atoms with E-state index in [2.05, 4.69) is 4.98 Å². The lowest BCUT2D eigenvalue weighted by molar-refractivity contribution is 0.0697. The minimum Gasteiger partial charge on any atom is -0.478 e. The highest BCUT2D eigenvalue weighted by atomic mass is 35.5. The van der Waals surface area contributed by atoms with Crippen LogP contribution in [-0.4, -0.2) is 28.5 Å². The van der Waals surface area contributed by atoms with Crippen molar-refractivity contribution in [2.45, 2.75) is 13.3 Å². The van der Waals surface area contributed by atoms with Crippen molar-refractivity contribution < 1.29 is 14.7 Å². The van der Waals surface area contributed by atoms with Crippen molar-refractivity contribution in [2.24, 2.45) is 0 Å². The highest BCUT2D eigenvalue weighted by Gasteiger charge is 2.22.